The number of esters is 1. The molecule has 0 heterocycles. The second-order valence-corrected chi connectivity index (χ2v) is 5.91. The molecule has 1 N–H and O–H groups in total. The van der Waals surface area contributed by atoms with E-state index in [2.05, 4.69) is 23.9 Å². The molecule has 1 unspecified atom stereocenters. The Labute approximate surface area is 132 Å². The van der Waals surface area contributed by atoms with Gasteiger partial charge in [0.15, 0.2) is 0 Å². The van der Waals surface area contributed by atoms with Crippen LogP contribution in [0.2, 0.25) is 0 Å². The van der Waals surface area contributed by atoms with Crippen molar-refractivity contribution >= 4 is 17.6 Å². The maximum atomic E-state index is 12.1. The van der Waals surface area contributed by atoms with Crippen molar-refractivity contribution in [2.75, 3.05) is 32.6 Å². The number of ether oxygens (including phenoxy) is 1. The predicted octanol–water partition coefficient (Wildman–Crippen LogP) is 2.49. The summed E-state index contributed by atoms with van der Waals surface area (Å²) in [6.45, 7) is 6.68. The highest BCUT2D eigenvalue weighted by molar-refractivity contribution is 5.93. The Morgan fingerprint density at radius 1 is 1.23 bits per heavy atom. The van der Waals surface area contributed by atoms with Gasteiger partial charge in [-0.1, -0.05) is 39.0 Å². The fraction of sp³-hybridized carbons (Fsp3) is 0.529. The number of carbonyl (C=O) groups excluding carboxylic acids is 2. The minimum Gasteiger partial charge on any atom is -0.469 e. The van der Waals surface area contributed by atoms with E-state index in [1.165, 1.54) is 7.11 Å². The highest BCUT2D eigenvalue weighted by atomic mass is 16.5. The van der Waals surface area contributed by atoms with Gasteiger partial charge in [-0.2, -0.15) is 0 Å². The average molecular weight is 306 g/mol. The lowest BCUT2D eigenvalue weighted by Crippen LogP contribution is -2.35. The van der Waals surface area contributed by atoms with Crippen molar-refractivity contribution in [3.63, 3.8) is 0 Å². The minimum absolute atomic E-state index is 0.0901. The molecule has 0 aliphatic rings. The van der Waals surface area contributed by atoms with Crippen LogP contribution in [0.3, 0.4) is 0 Å². The Hall–Kier alpha value is -1.88. The summed E-state index contributed by atoms with van der Waals surface area (Å²) in [7, 11) is 3.18. The van der Waals surface area contributed by atoms with E-state index in [9.17, 15) is 9.59 Å². The van der Waals surface area contributed by atoms with Crippen LogP contribution in [-0.2, 0) is 14.3 Å². The summed E-state index contributed by atoms with van der Waals surface area (Å²) in [6.07, 6.45) is 0. The molecule has 1 aromatic carbocycles. The number of rotatable bonds is 7. The number of para-hydroxylation sites is 1. The maximum Gasteiger partial charge on any atom is 0.309 e. The molecule has 1 atom stereocenters. The van der Waals surface area contributed by atoms with Crippen LogP contribution >= 0.6 is 0 Å². The maximum absolute atomic E-state index is 12.1. The van der Waals surface area contributed by atoms with E-state index < -0.39 is 0 Å². The van der Waals surface area contributed by atoms with Crippen molar-refractivity contribution in [2.24, 2.45) is 5.92 Å². The first-order valence-electron chi connectivity index (χ1n) is 7.50. The summed E-state index contributed by atoms with van der Waals surface area (Å²) in [4.78, 5) is 25.4. The predicted molar refractivity (Wildman–Crippen MR) is 87.8 cm³/mol. The molecule has 5 nitrogen and oxygen atoms in total. The van der Waals surface area contributed by atoms with Gasteiger partial charge in [0.1, 0.15) is 0 Å². The van der Waals surface area contributed by atoms with Gasteiger partial charge in [-0.3, -0.25) is 14.5 Å². The van der Waals surface area contributed by atoms with Gasteiger partial charge < -0.3 is 10.1 Å². The fourth-order valence-corrected chi connectivity index (χ4v) is 2.36. The van der Waals surface area contributed by atoms with E-state index in [0.29, 0.717) is 12.5 Å². The van der Waals surface area contributed by atoms with E-state index in [0.717, 1.165) is 11.3 Å². The van der Waals surface area contributed by atoms with Crippen LogP contribution in [0, 0.1) is 5.92 Å². The third-order valence-electron chi connectivity index (χ3n) is 3.46. The molecule has 5 heteroatoms. The molecule has 0 saturated carbocycles. The normalized spacial score (nSPS) is 12.3. The number of likely N-dealkylation sites (N-methyl/N-ethyl adjacent to an activating group) is 1. The Balaban J connectivity index is 2.58. The highest BCUT2D eigenvalue weighted by Crippen LogP contribution is 2.23. The number of methoxy groups -OCH3 is 1. The second kappa shape index (κ2) is 8.54. The van der Waals surface area contributed by atoms with Crippen LogP contribution in [-0.4, -0.2) is 44.0 Å². The molecule has 0 aliphatic carbocycles. The van der Waals surface area contributed by atoms with Crippen LogP contribution < -0.4 is 5.32 Å². The molecule has 1 aromatic rings. The SMILES string of the molecule is COC(=O)C(C)CN(C)CC(=O)Nc1ccccc1C(C)C. The van der Waals surface area contributed by atoms with Gasteiger partial charge in [0.05, 0.1) is 19.6 Å². The number of hydrogen-bond acceptors (Lipinski definition) is 4. The first-order chi connectivity index (χ1) is 10.3. The molecular formula is C17H26N2O3. The van der Waals surface area contributed by atoms with E-state index in [4.69, 9.17) is 0 Å². The molecule has 22 heavy (non-hydrogen) atoms. The summed E-state index contributed by atoms with van der Waals surface area (Å²) in [5.41, 5.74) is 1.96. The van der Waals surface area contributed by atoms with Crippen LogP contribution in [0.1, 0.15) is 32.3 Å². The molecule has 1 rings (SSSR count). The number of nitrogens with zero attached hydrogens (tertiary/aromatic N) is 1. The molecule has 0 aliphatic heterocycles. The zero-order valence-electron chi connectivity index (χ0n) is 14.1. The fourth-order valence-electron chi connectivity index (χ4n) is 2.36. The number of anilines is 1. The smallest absolute Gasteiger partial charge is 0.309 e. The molecule has 0 bridgehead atoms. The molecule has 0 spiro atoms. The highest BCUT2D eigenvalue weighted by Gasteiger charge is 2.17. The van der Waals surface area contributed by atoms with E-state index in [-0.39, 0.29) is 24.3 Å². The lowest BCUT2D eigenvalue weighted by molar-refractivity contribution is -0.145. The number of nitrogens with one attached hydrogen (secondary N) is 1. The summed E-state index contributed by atoms with van der Waals surface area (Å²) < 4.78 is 4.69. The number of benzene rings is 1. The summed E-state index contributed by atoms with van der Waals surface area (Å²) in [6, 6.07) is 7.80. The quantitative estimate of drug-likeness (QED) is 0.786. The van der Waals surface area contributed by atoms with Gasteiger partial charge in [0.2, 0.25) is 5.91 Å². The van der Waals surface area contributed by atoms with Gasteiger partial charge in [0.25, 0.3) is 0 Å². The molecule has 1 amide bonds. The van der Waals surface area contributed by atoms with Crippen molar-refractivity contribution in [3.8, 4) is 0 Å². The number of carbonyl (C=O) groups is 2. The van der Waals surface area contributed by atoms with Crippen molar-refractivity contribution in [3.05, 3.63) is 29.8 Å². The summed E-state index contributed by atoms with van der Waals surface area (Å²) in [5, 5.41) is 2.94. The molecule has 0 fully saturated rings. The third kappa shape index (κ3) is 5.48. The van der Waals surface area contributed by atoms with E-state index in [1.807, 2.05) is 36.2 Å². The largest absolute Gasteiger partial charge is 0.469 e. The second-order valence-electron chi connectivity index (χ2n) is 5.91. The zero-order chi connectivity index (χ0) is 16.7. The Morgan fingerprint density at radius 3 is 2.45 bits per heavy atom. The molecule has 0 saturated heterocycles. The Bertz CT molecular complexity index is 514. The van der Waals surface area contributed by atoms with Gasteiger partial charge in [0, 0.05) is 12.2 Å². The number of hydrogen-bond donors (Lipinski definition) is 1. The molecule has 122 valence electrons. The van der Waals surface area contributed by atoms with Gasteiger partial charge >= 0.3 is 5.97 Å². The van der Waals surface area contributed by atoms with Crippen LogP contribution in [0.5, 0.6) is 0 Å². The van der Waals surface area contributed by atoms with Gasteiger partial charge in [-0.05, 0) is 24.6 Å². The third-order valence-corrected chi connectivity index (χ3v) is 3.46. The standard InChI is InChI=1S/C17H26N2O3/c1-12(2)14-8-6-7-9-15(14)18-16(20)11-19(4)10-13(3)17(21)22-5/h6-9,12-13H,10-11H2,1-5H3,(H,18,20). The Morgan fingerprint density at radius 2 is 1.86 bits per heavy atom. The molecule has 0 radical (unpaired) electrons. The molecule has 0 aromatic heterocycles. The van der Waals surface area contributed by atoms with Crippen molar-refractivity contribution in [1.29, 1.82) is 0 Å². The lowest BCUT2D eigenvalue weighted by atomic mass is 10.0. The monoisotopic (exact) mass is 306 g/mol. The number of amides is 1. The van der Waals surface area contributed by atoms with Crippen molar-refractivity contribution in [2.45, 2.75) is 26.7 Å². The van der Waals surface area contributed by atoms with Crippen molar-refractivity contribution in [1.82, 2.24) is 4.90 Å². The van der Waals surface area contributed by atoms with Gasteiger partial charge in [-0.25, -0.2) is 0 Å². The van der Waals surface area contributed by atoms with Gasteiger partial charge in [-0.15, -0.1) is 0 Å². The summed E-state index contributed by atoms with van der Waals surface area (Å²) >= 11 is 0. The summed E-state index contributed by atoms with van der Waals surface area (Å²) in [5.74, 6) is -0.274. The average Bonchev–Trinajstić information content (AvgIpc) is 2.46. The van der Waals surface area contributed by atoms with Crippen LogP contribution in [0.25, 0.3) is 0 Å². The molecular weight excluding hydrogens is 280 g/mol. The van der Waals surface area contributed by atoms with E-state index >= 15 is 0 Å². The Kier molecular flexibility index (Phi) is 7.05. The van der Waals surface area contributed by atoms with Crippen LogP contribution in [0.4, 0.5) is 5.69 Å². The van der Waals surface area contributed by atoms with Crippen LogP contribution in [0.15, 0.2) is 24.3 Å². The van der Waals surface area contributed by atoms with Crippen molar-refractivity contribution < 1.29 is 14.3 Å². The van der Waals surface area contributed by atoms with E-state index in [1.54, 1.807) is 6.92 Å². The lowest BCUT2D eigenvalue weighted by Gasteiger charge is -2.20. The zero-order valence-corrected chi connectivity index (χ0v) is 14.1. The first-order valence-corrected chi connectivity index (χ1v) is 7.50. The topological polar surface area (TPSA) is 58.6 Å². The first kappa shape index (κ1) is 18.2. The minimum atomic E-state index is -0.266.